The summed E-state index contributed by atoms with van der Waals surface area (Å²) in [6.07, 6.45) is 5.78. The van der Waals surface area contributed by atoms with Gasteiger partial charge in [-0.2, -0.15) is 8.78 Å². The van der Waals surface area contributed by atoms with Crippen molar-refractivity contribution in [2.24, 2.45) is 28.5 Å². The summed E-state index contributed by atoms with van der Waals surface area (Å²) < 4.78 is 29.8. The third-order valence-electron chi connectivity index (χ3n) is 7.50. The first-order valence-corrected chi connectivity index (χ1v) is 12.4. The van der Waals surface area contributed by atoms with Crippen molar-refractivity contribution in [2.75, 3.05) is 31.9 Å². The van der Waals surface area contributed by atoms with Crippen LogP contribution in [0.3, 0.4) is 0 Å². The Labute approximate surface area is 201 Å². The summed E-state index contributed by atoms with van der Waals surface area (Å²) in [5.74, 6) is 1.42. The topological polar surface area (TPSA) is 93.0 Å². The molecule has 34 heavy (non-hydrogen) atoms. The normalized spacial score (nSPS) is 28.7. The molecule has 1 saturated heterocycles. The van der Waals surface area contributed by atoms with Gasteiger partial charge in [-0.25, -0.2) is 4.98 Å². The van der Waals surface area contributed by atoms with Crippen LogP contribution < -0.4 is 16.2 Å². The van der Waals surface area contributed by atoms with Crippen LogP contribution in [0.2, 0.25) is 0 Å². The molecule has 188 valence electrons. The van der Waals surface area contributed by atoms with Crippen molar-refractivity contribution >= 4 is 17.2 Å². The largest absolute Gasteiger partial charge is 0.431 e. The van der Waals surface area contributed by atoms with Gasteiger partial charge in [0.05, 0.1) is 0 Å². The number of aliphatic imine (C=N–C) groups is 1. The number of aromatic nitrogens is 1. The van der Waals surface area contributed by atoms with Crippen LogP contribution in [-0.4, -0.2) is 71.4 Å². The standard InChI is InChI=1S/C25H38F2N6O/c1-14(2)31-21(12-20(28)16-9-22(34-25(26)27)24(29)30-13-16)23-18-10-17(11-19(18)23)33-7-5-32(6-8-33)15(3)4/h9,12-15,17-19,23,25H,5-8,10-11,28H2,1-4H3,(H2,29,30). The van der Waals surface area contributed by atoms with E-state index < -0.39 is 6.61 Å². The number of rotatable bonds is 8. The van der Waals surface area contributed by atoms with Crippen LogP contribution in [0.15, 0.2) is 23.3 Å². The van der Waals surface area contributed by atoms with E-state index in [0.29, 0.717) is 41.1 Å². The van der Waals surface area contributed by atoms with Gasteiger partial charge in [0.25, 0.3) is 0 Å². The molecule has 7 nitrogen and oxygen atoms in total. The number of nitrogens with zero attached hydrogens (tertiary/aromatic N) is 4. The molecule has 2 heterocycles. The lowest BCUT2D eigenvalue weighted by molar-refractivity contribution is -0.0495. The summed E-state index contributed by atoms with van der Waals surface area (Å²) >= 11 is 0. The van der Waals surface area contributed by atoms with Gasteiger partial charge >= 0.3 is 6.61 Å². The first-order chi connectivity index (χ1) is 16.1. The second kappa shape index (κ2) is 10.2. The van der Waals surface area contributed by atoms with E-state index in [0.717, 1.165) is 31.9 Å². The van der Waals surface area contributed by atoms with Gasteiger partial charge < -0.3 is 16.2 Å². The lowest BCUT2D eigenvalue weighted by Crippen LogP contribution is -2.51. The van der Waals surface area contributed by atoms with Crippen molar-refractivity contribution in [2.45, 2.75) is 65.3 Å². The molecule has 0 amide bonds. The minimum atomic E-state index is -2.98. The average molecular weight is 477 g/mol. The second-order valence-electron chi connectivity index (χ2n) is 10.4. The van der Waals surface area contributed by atoms with E-state index in [1.54, 1.807) is 0 Å². The van der Waals surface area contributed by atoms with Gasteiger partial charge in [0, 0.05) is 73.4 Å². The number of pyridine rings is 1. The molecular weight excluding hydrogens is 438 g/mol. The lowest BCUT2D eigenvalue weighted by atomic mass is 10.00. The molecule has 1 aromatic rings. The van der Waals surface area contributed by atoms with Crippen molar-refractivity contribution in [3.8, 4) is 5.75 Å². The first kappa shape index (κ1) is 24.9. The molecule has 3 fully saturated rings. The summed E-state index contributed by atoms with van der Waals surface area (Å²) in [4.78, 5) is 14.1. The molecule has 2 unspecified atom stereocenters. The zero-order valence-corrected chi connectivity index (χ0v) is 20.6. The number of nitrogen functional groups attached to an aromatic ring is 1. The SMILES string of the molecule is CC(C)N=C(C=C(N)c1cnc(N)c(OC(F)F)c1)C1C2CC(N3CCN(C(C)C)CC3)CC21. The summed E-state index contributed by atoms with van der Waals surface area (Å²) in [6.45, 7) is 10.3. The molecular formula is C25H38F2N6O. The molecule has 4 rings (SSSR count). The number of hydrogen-bond acceptors (Lipinski definition) is 7. The third kappa shape index (κ3) is 5.51. The molecule has 1 aliphatic heterocycles. The van der Waals surface area contributed by atoms with Crippen LogP contribution in [-0.2, 0) is 0 Å². The summed E-state index contributed by atoms with van der Waals surface area (Å²) in [5, 5.41) is 0. The molecule has 0 spiro atoms. The number of hydrogen-bond donors (Lipinski definition) is 2. The summed E-state index contributed by atoms with van der Waals surface area (Å²) in [7, 11) is 0. The number of allylic oxidation sites excluding steroid dienone is 1. The van der Waals surface area contributed by atoms with Gasteiger partial charge in [-0.3, -0.25) is 14.8 Å². The van der Waals surface area contributed by atoms with Crippen molar-refractivity contribution in [3.05, 3.63) is 23.9 Å². The Hall–Kier alpha value is -2.26. The lowest BCUT2D eigenvalue weighted by Gasteiger charge is -2.40. The molecule has 3 aliphatic rings. The number of ether oxygens (including phenoxy) is 1. The number of halogens is 2. The van der Waals surface area contributed by atoms with Crippen LogP contribution >= 0.6 is 0 Å². The Kier molecular flexibility index (Phi) is 7.42. The maximum atomic E-state index is 12.7. The number of anilines is 1. The fraction of sp³-hybridized carbons (Fsp3) is 0.680. The van der Waals surface area contributed by atoms with Crippen LogP contribution in [0.25, 0.3) is 5.70 Å². The maximum absolute atomic E-state index is 12.7. The Balaban J connectivity index is 1.42. The van der Waals surface area contributed by atoms with E-state index in [4.69, 9.17) is 16.5 Å². The fourth-order valence-electron chi connectivity index (χ4n) is 5.73. The number of nitrogens with two attached hydrogens (primary N) is 2. The zero-order chi connectivity index (χ0) is 24.6. The number of fused-ring (bicyclic) bond motifs is 1. The Bertz CT molecular complexity index is 914. The Morgan fingerprint density at radius 2 is 1.79 bits per heavy atom. The maximum Gasteiger partial charge on any atom is 0.387 e. The monoisotopic (exact) mass is 476 g/mol. The molecule has 2 atom stereocenters. The Morgan fingerprint density at radius 3 is 2.35 bits per heavy atom. The van der Waals surface area contributed by atoms with Crippen molar-refractivity contribution in [3.63, 3.8) is 0 Å². The van der Waals surface area contributed by atoms with Gasteiger partial charge in [-0.15, -0.1) is 0 Å². The highest BCUT2D eigenvalue weighted by molar-refractivity contribution is 6.04. The van der Waals surface area contributed by atoms with Crippen LogP contribution in [0, 0.1) is 17.8 Å². The van der Waals surface area contributed by atoms with E-state index >= 15 is 0 Å². The molecule has 9 heteroatoms. The van der Waals surface area contributed by atoms with Crippen LogP contribution in [0.4, 0.5) is 14.6 Å². The van der Waals surface area contributed by atoms with E-state index in [1.807, 2.05) is 6.08 Å². The average Bonchev–Trinajstić information content (AvgIpc) is 3.27. The quantitative estimate of drug-likeness (QED) is 0.558. The molecule has 0 radical (unpaired) electrons. The minimum Gasteiger partial charge on any atom is -0.431 e. The van der Waals surface area contributed by atoms with E-state index in [9.17, 15) is 8.78 Å². The van der Waals surface area contributed by atoms with Gasteiger partial charge in [-0.05, 0) is 64.5 Å². The van der Waals surface area contributed by atoms with E-state index in [2.05, 4.69) is 47.2 Å². The Morgan fingerprint density at radius 1 is 1.15 bits per heavy atom. The highest BCUT2D eigenvalue weighted by atomic mass is 19.3. The van der Waals surface area contributed by atoms with Crippen molar-refractivity contribution in [1.29, 1.82) is 0 Å². The predicted molar refractivity (Wildman–Crippen MR) is 132 cm³/mol. The van der Waals surface area contributed by atoms with Crippen LogP contribution in [0.1, 0.15) is 46.1 Å². The van der Waals surface area contributed by atoms with Gasteiger partial charge in [0.15, 0.2) is 11.6 Å². The molecule has 1 aromatic heterocycles. The van der Waals surface area contributed by atoms with Gasteiger partial charge in [0.1, 0.15) is 0 Å². The molecule has 0 bridgehead atoms. The number of alkyl halides is 2. The van der Waals surface area contributed by atoms with E-state index in [-0.39, 0.29) is 17.6 Å². The van der Waals surface area contributed by atoms with Gasteiger partial charge in [-0.1, -0.05) is 0 Å². The second-order valence-corrected chi connectivity index (χ2v) is 10.4. The summed E-state index contributed by atoms with van der Waals surface area (Å²) in [5.41, 5.74) is 13.9. The predicted octanol–water partition coefficient (Wildman–Crippen LogP) is 3.46. The molecule has 0 aromatic carbocycles. The minimum absolute atomic E-state index is 0.0927. The molecule has 2 aliphatic carbocycles. The molecule has 4 N–H and O–H groups in total. The first-order valence-electron chi connectivity index (χ1n) is 12.4. The third-order valence-corrected chi connectivity index (χ3v) is 7.50. The van der Waals surface area contributed by atoms with Crippen molar-refractivity contribution < 1.29 is 13.5 Å². The van der Waals surface area contributed by atoms with E-state index in [1.165, 1.54) is 25.1 Å². The zero-order valence-electron chi connectivity index (χ0n) is 20.6. The number of piperazine rings is 1. The highest BCUT2D eigenvalue weighted by Crippen LogP contribution is 2.59. The van der Waals surface area contributed by atoms with Gasteiger partial charge in [0.2, 0.25) is 0 Å². The fourth-order valence-corrected chi connectivity index (χ4v) is 5.73. The highest BCUT2D eigenvalue weighted by Gasteiger charge is 2.58. The smallest absolute Gasteiger partial charge is 0.387 e. The van der Waals surface area contributed by atoms with Crippen molar-refractivity contribution in [1.82, 2.24) is 14.8 Å². The molecule has 2 saturated carbocycles. The van der Waals surface area contributed by atoms with Crippen LogP contribution in [0.5, 0.6) is 5.75 Å². The summed E-state index contributed by atoms with van der Waals surface area (Å²) in [6, 6.07) is 2.83.